The Kier molecular flexibility index (Phi) is 4.18. The van der Waals surface area contributed by atoms with E-state index in [1.165, 1.54) is 6.42 Å². The molecule has 0 heterocycles. The summed E-state index contributed by atoms with van der Waals surface area (Å²) in [5.41, 5.74) is 1.02. The summed E-state index contributed by atoms with van der Waals surface area (Å²) in [5.74, 6) is -2.79. The van der Waals surface area contributed by atoms with E-state index in [4.69, 9.17) is 0 Å². The van der Waals surface area contributed by atoms with Gasteiger partial charge in [0.1, 0.15) is 0 Å². The molecule has 0 aromatic carbocycles. The van der Waals surface area contributed by atoms with Crippen molar-refractivity contribution in [3.8, 4) is 0 Å². The van der Waals surface area contributed by atoms with E-state index in [0.29, 0.717) is 6.42 Å². The monoisotopic (exact) mass is 244 g/mol. The summed E-state index contributed by atoms with van der Waals surface area (Å²) in [4.78, 5) is 0. The molecule has 0 aliphatic heterocycles. The van der Waals surface area contributed by atoms with E-state index in [-0.39, 0.29) is 18.8 Å². The van der Waals surface area contributed by atoms with E-state index in [2.05, 4.69) is 6.08 Å². The van der Waals surface area contributed by atoms with Gasteiger partial charge in [0.05, 0.1) is 6.10 Å². The summed E-state index contributed by atoms with van der Waals surface area (Å²) >= 11 is 0. The third-order valence-corrected chi connectivity index (χ3v) is 4.08. The lowest BCUT2D eigenvalue weighted by atomic mass is 9.80. The van der Waals surface area contributed by atoms with Crippen LogP contribution in [0.4, 0.5) is 8.78 Å². The molecule has 0 aromatic heterocycles. The van der Waals surface area contributed by atoms with Crippen LogP contribution in [0.5, 0.6) is 0 Å². The van der Waals surface area contributed by atoms with Gasteiger partial charge in [0.2, 0.25) is 5.92 Å². The molecule has 98 valence electrons. The summed E-state index contributed by atoms with van der Waals surface area (Å²) in [6.07, 6.45) is 7.94. The fourth-order valence-electron chi connectivity index (χ4n) is 3.09. The van der Waals surface area contributed by atoms with E-state index in [9.17, 15) is 13.9 Å². The van der Waals surface area contributed by atoms with Gasteiger partial charge >= 0.3 is 0 Å². The normalized spacial score (nSPS) is 31.5. The molecule has 1 fully saturated rings. The SMILES string of the molecule is OC(C1=CCCCCC1)C1CCCC(F)(F)C1. The standard InChI is InChI=1S/C14H22F2O/c15-14(16)9-5-8-12(10-14)13(17)11-6-3-1-2-4-7-11/h6,12-13,17H,1-5,7-10H2. The molecule has 0 bridgehead atoms. The molecular formula is C14H22F2O. The van der Waals surface area contributed by atoms with Crippen molar-refractivity contribution in [3.05, 3.63) is 11.6 Å². The van der Waals surface area contributed by atoms with Crippen LogP contribution in [0.1, 0.15) is 57.8 Å². The van der Waals surface area contributed by atoms with Crippen molar-refractivity contribution in [2.45, 2.75) is 69.8 Å². The van der Waals surface area contributed by atoms with Crippen LogP contribution in [0, 0.1) is 5.92 Å². The molecule has 2 atom stereocenters. The molecule has 1 saturated carbocycles. The summed E-state index contributed by atoms with van der Waals surface area (Å²) < 4.78 is 26.7. The maximum absolute atomic E-state index is 13.3. The van der Waals surface area contributed by atoms with Crippen molar-refractivity contribution in [1.82, 2.24) is 0 Å². The molecule has 2 unspecified atom stereocenters. The molecule has 2 rings (SSSR count). The van der Waals surface area contributed by atoms with Crippen molar-refractivity contribution in [1.29, 1.82) is 0 Å². The van der Waals surface area contributed by atoms with Crippen LogP contribution in [0.3, 0.4) is 0 Å². The third-order valence-electron chi connectivity index (χ3n) is 4.08. The first-order valence-corrected chi connectivity index (χ1v) is 6.83. The summed E-state index contributed by atoms with van der Waals surface area (Å²) in [6, 6.07) is 0. The third kappa shape index (κ3) is 3.51. The molecule has 1 nitrogen and oxygen atoms in total. The molecule has 1 N–H and O–H groups in total. The fraction of sp³-hybridized carbons (Fsp3) is 0.857. The Hall–Kier alpha value is -0.440. The van der Waals surface area contributed by atoms with Crippen LogP contribution in [0.25, 0.3) is 0 Å². The highest BCUT2D eigenvalue weighted by Gasteiger charge is 2.39. The first kappa shape index (κ1) is 13.0. The Balaban J connectivity index is 1.98. The zero-order valence-electron chi connectivity index (χ0n) is 10.3. The molecule has 0 amide bonds. The van der Waals surface area contributed by atoms with E-state index in [0.717, 1.165) is 37.7 Å². The summed E-state index contributed by atoms with van der Waals surface area (Å²) in [7, 11) is 0. The quantitative estimate of drug-likeness (QED) is 0.726. The Morgan fingerprint density at radius 2 is 2.06 bits per heavy atom. The second-order valence-corrected chi connectivity index (χ2v) is 5.54. The topological polar surface area (TPSA) is 20.2 Å². The second kappa shape index (κ2) is 5.47. The molecule has 0 aromatic rings. The number of hydrogen-bond donors (Lipinski definition) is 1. The van der Waals surface area contributed by atoms with Gasteiger partial charge in [0.15, 0.2) is 0 Å². The predicted molar refractivity (Wildman–Crippen MR) is 64.1 cm³/mol. The first-order valence-electron chi connectivity index (χ1n) is 6.83. The number of alkyl halides is 2. The van der Waals surface area contributed by atoms with E-state index in [1.807, 2.05) is 0 Å². The zero-order chi connectivity index (χ0) is 12.3. The highest BCUT2D eigenvalue weighted by Crippen LogP contribution is 2.40. The van der Waals surface area contributed by atoms with Gasteiger partial charge in [-0.1, -0.05) is 12.5 Å². The van der Waals surface area contributed by atoms with Gasteiger partial charge in [-0.05, 0) is 50.0 Å². The molecular weight excluding hydrogens is 222 g/mol. The molecule has 3 heteroatoms. The Morgan fingerprint density at radius 3 is 2.82 bits per heavy atom. The minimum Gasteiger partial charge on any atom is -0.388 e. The average molecular weight is 244 g/mol. The Morgan fingerprint density at radius 1 is 1.24 bits per heavy atom. The number of allylic oxidation sites excluding steroid dienone is 1. The van der Waals surface area contributed by atoms with E-state index in [1.54, 1.807) is 0 Å². The van der Waals surface area contributed by atoms with Crippen molar-refractivity contribution in [2.75, 3.05) is 0 Å². The molecule has 0 radical (unpaired) electrons. The van der Waals surface area contributed by atoms with Gasteiger partial charge < -0.3 is 5.11 Å². The van der Waals surface area contributed by atoms with Crippen LogP contribution < -0.4 is 0 Å². The second-order valence-electron chi connectivity index (χ2n) is 5.54. The zero-order valence-corrected chi connectivity index (χ0v) is 10.3. The van der Waals surface area contributed by atoms with Crippen molar-refractivity contribution >= 4 is 0 Å². The molecule has 17 heavy (non-hydrogen) atoms. The lowest BCUT2D eigenvalue weighted by Crippen LogP contribution is -2.33. The predicted octanol–water partition coefficient (Wildman–Crippen LogP) is 4.06. The molecule has 0 saturated heterocycles. The van der Waals surface area contributed by atoms with Crippen molar-refractivity contribution in [3.63, 3.8) is 0 Å². The van der Waals surface area contributed by atoms with E-state index < -0.39 is 12.0 Å². The van der Waals surface area contributed by atoms with Crippen molar-refractivity contribution < 1.29 is 13.9 Å². The molecule has 0 spiro atoms. The van der Waals surface area contributed by atoms with Crippen LogP contribution >= 0.6 is 0 Å². The molecule has 2 aliphatic rings. The summed E-state index contributed by atoms with van der Waals surface area (Å²) in [5, 5.41) is 10.3. The average Bonchev–Trinajstić information content (AvgIpc) is 2.55. The number of aliphatic hydroxyl groups is 1. The largest absolute Gasteiger partial charge is 0.388 e. The van der Waals surface area contributed by atoms with Gasteiger partial charge in [0.25, 0.3) is 0 Å². The lowest BCUT2D eigenvalue weighted by Gasteiger charge is -2.33. The molecule has 2 aliphatic carbocycles. The van der Waals surface area contributed by atoms with Crippen LogP contribution in [-0.2, 0) is 0 Å². The number of aliphatic hydroxyl groups excluding tert-OH is 1. The smallest absolute Gasteiger partial charge is 0.248 e. The number of hydrogen-bond acceptors (Lipinski definition) is 1. The Bertz CT molecular complexity index is 286. The minimum atomic E-state index is -2.56. The first-order chi connectivity index (χ1) is 8.08. The van der Waals surface area contributed by atoms with Gasteiger partial charge in [-0.3, -0.25) is 0 Å². The van der Waals surface area contributed by atoms with Gasteiger partial charge in [-0.2, -0.15) is 0 Å². The van der Waals surface area contributed by atoms with Crippen LogP contribution in [0.2, 0.25) is 0 Å². The van der Waals surface area contributed by atoms with Crippen molar-refractivity contribution in [2.24, 2.45) is 5.92 Å². The number of halogens is 2. The van der Waals surface area contributed by atoms with Crippen LogP contribution in [-0.4, -0.2) is 17.1 Å². The summed E-state index contributed by atoms with van der Waals surface area (Å²) in [6.45, 7) is 0. The maximum atomic E-state index is 13.3. The highest BCUT2D eigenvalue weighted by molar-refractivity contribution is 5.11. The van der Waals surface area contributed by atoms with Gasteiger partial charge in [0, 0.05) is 12.8 Å². The maximum Gasteiger partial charge on any atom is 0.248 e. The fourth-order valence-corrected chi connectivity index (χ4v) is 3.09. The van der Waals surface area contributed by atoms with E-state index >= 15 is 0 Å². The highest BCUT2D eigenvalue weighted by atomic mass is 19.3. The van der Waals surface area contributed by atoms with Crippen LogP contribution in [0.15, 0.2) is 11.6 Å². The van der Waals surface area contributed by atoms with Gasteiger partial charge in [-0.25, -0.2) is 8.78 Å². The Labute approximate surface area is 102 Å². The van der Waals surface area contributed by atoms with Gasteiger partial charge in [-0.15, -0.1) is 0 Å². The minimum absolute atomic E-state index is 0.00469. The lowest BCUT2D eigenvalue weighted by molar-refractivity contribution is -0.0705. The number of rotatable bonds is 2.